The van der Waals surface area contributed by atoms with Crippen LogP contribution in [0.5, 0.6) is 5.75 Å². The summed E-state index contributed by atoms with van der Waals surface area (Å²) in [5.41, 5.74) is 0.210. The molecule has 0 N–H and O–H groups in total. The molecule has 2 aromatic rings. The molecule has 0 aromatic heterocycles. The minimum atomic E-state index is -0.862. The van der Waals surface area contributed by atoms with E-state index in [1.54, 1.807) is 6.92 Å². The van der Waals surface area contributed by atoms with Crippen LogP contribution in [0.3, 0.4) is 0 Å². The van der Waals surface area contributed by atoms with Crippen LogP contribution < -0.4 is 4.74 Å². The largest absolute Gasteiger partial charge is 0.420 e. The predicted octanol–water partition coefficient (Wildman–Crippen LogP) is 4.02. The van der Waals surface area contributed by atoms with Crippen molar-refractivity contribution in [2.45, 2.75) is 6.92 Å². The first-order valence-corrected chi connectivity index (χ1v) is 6.60. The van der Waals surface area contributed by atoms with Crippen molar-refractivity contribution < 1.29 is 18.8 Å². The molecule has 2 aromatic carbocycles. The molecule has 0 fully saturated rings. The number of ether oxygens (including phenoxy) is 1. The molecule has 108 valence electrons. The van der Waals surface area contributed by atoms with Crippen molar-refractivity contribution >= 4 is 27.6 Å². The number of hydrogen-bond acceptors (Lipinski definition) is 4. The molecule has 0 aliphatic carbocycles. The summed E-state index contributed by atoms with van der Waals surface area (Å²) in [6.07, 6.45) is 0. The van der Waals surface area contributed by atoms with E-state index < -0.39 is 16.7 Å². The van der Waals surface area contributed by atoms with Crippen molar-refractivity contribution in [1.82, 2.24) is 0 Å². The van der Waals surface area contributed by atoms with Crippen LogP contribution >= 0.6 is 15.9 Å². The average molecular weight is 354 g/mol. The molecule has 0 heterocycles. The first kappa shape index (κ1) is 15.1. The van der Waals surface area contributed by atoms with Gasteiger partial charge in [0, 0.05) is 16.1 Å². The summed E-state index contributed by atoms with van der Waals surface area (Å²) in [4.78, 5) is 22.2. The Kier molecular flexibility index (Phi) is 4.32. The van der Waals surface area contributed by atoms with Crippen LogP contribution in [0.15, 0.2) is 40.9 Å². The lowest BCUT2D eigenvalue weighted by molar-refractivity contribution is -0.385. The summed E-state index contributed by atoms with van der Waals surface area (Å²) >= 11 is 3.09. The highest BCUT2D eigenvalue weighted by Gasteiger charge is 2.17. The Labute approximate surface area is 127 Å². The van der Waals surface area contributed by atoms with E-state index in [0.29, 0.717) is 10.0 Å². The maximum Gasteiger partial charge on any atom is 0.343 e. The van der Waals surface area contributed by atoms with Crippen LogP contribution in [0, 0.1) is 22.9 Å². The van der Waals surface area contributed by atoms with E-state index in [4.69, 9.17) is 4.74 Å². The molecule has 5 nitrogen and oxygen atoms in total. The third kappa shape index (κ3) is 3.43. The molecule has 0 aliphatic rings. The van der Waals surface area contributed by atoms with Gasteiger partial charge in [0.1, 0.15) is 0 Å². The number of carbonyl (C=O) groups excluding carboxylic acids is 1. The molecule has 0 saturated heterocycles. The number of halogens is 2. The first-order valence-electron chi connectivity index (χ1n) is 5.81. The van der Waals surface area contributed by atoms with Gasteiger partial charge in [-0.05, 0) is 31.2 Å². The predicted molar refractivity (Wildman–Crippen MR) is 76.9 cm³/mol. The number of esters is 1. The van der Waals surface area contributed by atoms with E-state index in [9.17, 15) is 19.3 Å². The van der Waals surface area contributed by atoms with Gasteiger partial charge < -0.3 is 4.74 Å². The monoisotopic (exact) mass is 353 g/mol. The molecule has 0 unspecified atom stereocenters. The molecule has 2 rings (SSSR count). The second kappa shape index (κ2) is 6.01. The van der Waals surface area contributed by atoms with Crippen LogP contribution in [0.4, 0.5) is 10.1 Å². The van der Waals surface area contributed by atoms with E-state index in [-0.39, 0.29) is 17.0 Å². The average Bonchev–Trinajstić information content (AvgIpc) is 2.42. The maximum atomic E-state index is 13.6. The van der Waals surface area contributed by atoms with E-state index in [2.05, 4.69) is 15.9 Å². The normalized spacial score (nSPS) is 10.2. The van der Waals surface area contributed by atoms with Crippen molar-refractivity contribution in [3.63, 3.8) is 0 Å². The standard InChI is InChI=1S/C14H9BrFNO4/c1-8-2-3-9(6-12(8)17(19)20)14(18)21-13-5-4-10(15)7-11(13)16/h2-7H,1H3. The molecule has 0 atom stereocenters. The van der Waals surface area contributed by atoms with Crippen LogP contribution in [0.2, 0.25) is 0 Å². The Balaban J connectivity index is 2.28. The third-order valence-electron chi connectivity index (χ3n) is 2.74. The lowest BCUT2D eigenvalue weighted by Crippen LogP contribution is -2.10. The molecular weight excluding hydrogens is 345 g/mol. The van der Waals surface area contributed by atoms with Gasteiger partial charge in [-0.25, -0.2) is 9.18 Å². The molecule has 0 saturated carbocycles. The minimum absolute atomic E-state index is 0.0189. The quantitative estimate of drug-likeness (QED) is 0.361. The van der Waals surface area contributed by atoms with Crippen molar-refractivity contribution in [2.24, 2.45) is 0 Å². The zero-order valence-corrected chi connectivity index (χ0v) is 12.4. The highest BCUT2D eigenvalue weighted by molar-refractivity contribution is 9.10. The molecule has 0 spiro atoms. The minimum Gasteiger partial charge on any atom is -0.420 e. The summed E-state index contributed by atoms with van der Waals surface area (Å²) < 4.78 is 19.0. The number of nitro groups is 1. The number of nitrogens with zero attached hydrogens (tertiary/aromatic N) is 1. The number of aryl methyl sites for hydroxylation is 1. The molecule has 0 bridgehead atoms. The van der Waals surface area contributed by atoms with Crippen molar-refractivity contribution in [3.05, 3.63) is 67.9 Å². The van der Waals surface area contributed by atoms with E-state index in [1.165, 1.54) is 24.3 Å². The fourth-order valence-corrected chi connectivity index (χ4v) is 1.98. The Morgan fingerprint density at radius 2 is 2.00 bits per heavy atom. The van der Waals surface area contributed by atoms with Gasteiger partial charge in [0.05, 0.1) is 10.5 Å². The van der Waals surface area contributed by atoms with Crippen molar-refractivity contribution in [3.8, 4) is 5.75 Å². The SMILES string of the molecule is Cc1ccc(C(=O)Oc2ccc(Br)cc2F)cc1[N+](=O)[O-]. The molecular formula is C14H9BrFNO4. The highest BCUT2D eigenvalue weighted by atomic mass is 79.9. The van der Waals surface area contributed by atoms with Gasteiger partial charge in [-0.15, -0.1) is 0 Å². The summed E-state index contributed by atoms with van der Waals surface area (Å²) in [6, 6.07) is 7.89. The number of hydrogen-bond donors (Lipinski definition) is 0. The fourth-order valence-electron chi connectivity index (χ4n) is 1.65. The van der Waals surface area contributed by atoms with Crippen molar-refractivity contribution in [2.75, 3.05) is 0 Å². The summed E-state index contributed by atoms with van der Waals surface area (Å²) in [5.74, 6) is -1.81. The van der Waals surface area contributed by atoms with Crippen LogP contribution in [0.1, 0.15) is 15.9 Å². The lowest BCUT2D eigenvalue weighted by Gasteiger charge is -2.06. The number of nitro benzene ring substituents is 1. The first-order chi connectivity index (χ1) is 9.88. The zero-order chi connectivity index (χ0) is 15.6. The highest BCUT2D eigenvalue weighted by Crippen LogP contribution is 2.24. The Morgan fingerprint density at radius 3 is 2.62 bits per heavy atom. The Bertz CT molecular complexity index is 733. The van der Waals surface area contributed by atoms with E-state index in [0.717, 1.165) is 12.1 Å². The topological polar surface area (TPSA) is 69.4 Å². The lowest BCUT2D eigenvalue weighted by atomic mass is 10.1. The second-order valence-electron chi connectivity index (χ2n) is 4.22. The second-order valence-corrected chi connectivity index (χ2v) is 5.14. The molecule has 0 amide bonds. The summed E-state index contributed by atoms with van der Waals surface area (Å²) in [7, 11) is 0. The van der Waals surface area contributed by atoms with E-state index >= 15 is 0 Å². The molecule has 21 heavy (non-hydrogen) atoms. The Hall–Kier alpha value is -2.28. The summed E-state index contributed by atoms with van der Waals surface area (Å²) in [5, 5.41) is 10.8. The smallest absolute Gasteiger partial charge is 0.343 e. The maximum absolute atomic E-state index is 13.6. The number of benzene rings is 2. The molecule has 7 heteroatoms. The molecule has 0 radical (unpaired) electrons. The van der Waals surface area contributed by atoms with Crippen LogP contribution in [-0.2, 0) is 0 Å². The van der Waals surface area contributed by atoms with Gasteiger partial charge in [-0.3, -0.25) is 10.1 Å². The van der Waals surface area contributed by atoms with Gasteiger partial charge in [-0.2, -0.15) is 0 Å². The van der Waals surface area contributed by atoms with Gasteiger partial charge in [0.25, 0.3) is 5.69 Å². The van der Waals surface area contributed by atoms with Crippen LogP contribution in [0.25, 0.3) is 0 Å². The van der Waals surface area contributed by atoms with Crippen molar-refractivity contribution in [1.29, 1.82) is 0 Å². The molecule has 0 aliphatic heterocycles. The number of rotatable bonds is 3. The zero-order valence-electron chi connectivity index (χ0n) is 10.8. The van der Waals surface area contributed by atoms with Gasteiger partial charge in [0.15, 0.2) is 11.6 Å². The van der Waals surface area contributed by atoms with Gasteiger partial charge in [-0.1, -0.05) is 22.0 Å². The fraction of sp³-hybridized carbons (Fsp3) is 0.0714. The van der Waals surface area contributed by atoms with Gasteiger partial charge in [0.2, 0.25) is 0 Å². The third-order valence-corrected chi connectivity index (χ3v) is 3.23. The van der Waals surface area contributed by atoms with Gasteiger partial charge >= 0.3 is 5.97 Å². The Morgan fingerprint density at radius 1 is 1.29 bits per heavy atom. The van der Waals surface area contributed by atoms with Crippen LogP contribution in [-0.4, -0.2) is 10.9 Å². The number of carbonyl (C=O) groups is 1. The summed E-state index contributed by atoms with van der Waals surface area (Å²) in [6.45, 7) is 1.56. The van der Waals surface area contributed by atoms with E-state index in [1.807, 2.05) is 0 Å².